The molecule has 2 aliphatic rings. The molecule has 1 aromatic carbocycles. The molecular formula is C24H34FN3O3. The van der Waals surface area contributed by atoms with Gasteiger partial charge in [0.05, 0.1) is 5.56 Å². The van der Waals surface area contributed by atoms with Crippen molar-refractivity contribution in [2.75, 3.05) is 19.6 Å². The van der Waals surface area contributed by atoms with Crippen molar-refractivity contribution in [1.29, 1.82) is 0 Å². The third-order valence-corrected chi connectivity index (χ3v) is 6.40. The Bertz CT molecular complexity index is 784. The number of hydrogen-bond donors (Lipinski definition) is 2. The smallest absolute Gasteiger partial charge is 0.254 e. The second-order valence-corrected chi connectivity index (χ2v) is 9.21. The first kappa shape index (κ1) is 23.2. The van der Waals surface area contributed by atoms with E-state index in [0.29, 0.717) is 32.5 Å². The highest BCUT2D eigenvalue weighted by atomic mass is 19.1. The summed E-state index contributed by atoms with van der Waals surface area (Å²) in [7, 11) is 0. The third-order valence-electron chi connectivity index (χ3n) is 6.40. The Morgan fingerprint density at radius 1 is 1.06 bits per heavy atom. The Morgan fingerprint density at radius 3 is 2.32 bits per heavy atom. The molecule has 31 heavy (non-hydrogen) atoms. The van der Waals surface area contributed by atoms with E-state index in [4.69, 9.17) is 0 Å². The Balaban J connectivity index is 1.66. The fraction of sp³-hybridized carbons (Fsp3) is 0.625. The largest absolute Gasteiger partial charge is 0.354 e. The van der Waals surface area contributed by atoms with Gasteiger partial charge >= 0.3 is 0 Å². The quantitative estimate of drug-likeness (QED) is 0.696. The highest BCUT2D eigenvalue weighted by Gasteiger charge is 2.36. The van der Waals surface area contributed by atoms with Gasteiger partial charge in [0, 0.05) is 25.6 Å². The zero-order valence-electron chi connectivity index (χ0n) is 18.5. The molecule has 1 unspecified atom stereocenters. The van der Waals surface area contributed by atoms with Gasteiger partial charge in [0.1, 0.15) is 11.9 Å². The van der Waals surface area contributed by atoms with Crippen molar-refractivity contribution in [3.63, 3.8) is 0 Å². The van der Waals surface area contributed by atoms with Crippen LogP contribution in [0.25, 0.3) is 0 Å². The van der Waals surface area contributed by atoms with E-state index in [2.05, 4.69) is 10.6 Å². The number of rotatable bonds is 7. The van der Waals surface area contributed by atoms with Crippen LogP contribution in [-0.2, 0) is 9.59 Å². The molecule has 3 rings (SSSR count). The van der Waals surface area contributed by atoms with Crippen molar-refractivity contribution >= 4 is 17.7 Å². The molecular weight excluding hydrogens is 397 g/mol. The van der Waals surface area contributed by atoms with Crippen LogP contribution in [0.2, 0.25) is 0 Å². The Hall–Kier alpha value is -2.44. The molecule has 170 valence electrons. The normalized spacial score (nSPS) is 18.8. The summed E-state index contributed by atoms with van der Waals surface area (Å²) in [5.41, 5.74) is -0.0713. The fourth-order valence-corrected chi connectivity index (χ4v) is 4.56. The maximum atomic E-state index is 14.1. The van der Waals surface area contributed by atoms with Gasteiger partial charge in [0.2, 0.25) is 11.8 Å². The van der Waals surface area contributed by atoms with Crippen LogP contribution in [0.15, 0.2) is 24.3 Å². The van der Waals surface area contributed by atoms with E-state index < -0.39 is 17.8 Å². The van der Waals surface area contributed by atoms with E-state index in [-0.39, 0.29) is 35.1 Å². The first-order valence-electron chi connectivity index (χ1n) is 11.5. The Kier molecular flexibility index (Phi) is 8.04. The zero-order valence-corrected chi connectivity index (χ0v) is 18.5. The third kappa shape index (κ3) is 6.05. The van der Waals surface area contributed by atoms with E-state index in [0.717, 1.165) is 25.7 Å². The summed E-state index contributed by atoms with van der Waals surface area (Å²) in [6.45, 7) is 5.68. The van der Waals surface area contributed by atoms with E-state index in [1.165, 1.54) is 18.2 Å². The Morgan fingerprint density at radius 2 is 1.71 bits per heavy atom. The molecule has 3 amide bonds. The number of amides is 3. The summed E-state index contributed by atoms with van der Waals surface area (Å²) < 4.78 is 14.1. The molecule has 0 bridgehead atoms. The number of hydrogen-bond acceptors (Lipinski definition) is 3. The molecule has 7 heteroatoms. The second-order valence-electron chi connectivity index (χ2n) is 9.21. The van der Waals surface area contributed by atoms with Gasteiger partial charge in [-0.05, 0) is 49.7 Å². The topological polar surface area (TPSA) is 78.5 Å². The molecule has 0 spiro atoms. The molecule has 1 aromatic rings. The molecule has 1 aliphatic carbocycles. The van der Waals surface area contributed by atoms with Gasteiger partial charge in [-0.3, -0.25) is 14.4 Å². The van der Waals surface area contributed by atoms with E-state index >= 15 is 0 Å². The lowest BCUT2D eigenvalue weighted by molar-refractivity contribution is -0.137. The van der Waals surface area contributed by atoms with Crippen molar-refractivity contribution in [3.05, 3.63) is 35.6 Å². The molecule has 2 N–H and O–H groups in total. The van der Waals surface area contributed by atoms with Gasteiger partial charge in [0.25, 0.3) is 5.91 Å². The standard InChI is InChI=1S/C24H34FN3O3/c1-16(2)15-26-23(30)21(27-22(29)19-9-5-6-10-20(19)25)17-11-13-28(14-12-17)24(31)18-7-3-4-8-18/h5-6,9-10,16-18,21H,3-4,7-8,11-15H2,1-2H3,(H,26,30)(H,27,29). The van der Waals surface area contributed by atoms with Crippen LogP contribution in [0, 0.1) is 23.6 Å². The number of halogens is 1. The fourth-order valence-electron chi connectivity index (χ4n) is 4.56. The van der Waals surface area contributed by atoms with Crippen LogP contribution in [0.5, 0.6) is 0 Å². The van der Waals surface area contributed by atoms with Crippen LogP contribution >= 0.6 is 0 Å². The van der Waals surface area contributed by atoms with Crippen LogP contribution < -0.4 is 10.6 Å². The number of likely N-dealkylation sites (tertiary alicyclic amines) is 1. The van der Waals surface area contributed by atoms with Crippen molar-refractivity contribution in [2.24, 2.45) is 17.8 Å². The SMILES string of the molecule is CC(C)CNC(=O)C(NC(=O)c1ccccc1F)C1CCN(C(=O)C2CCCC2)CC1. The molecule has 1 saturated heterocycles. The average Bonchev–Trinajstić information content (AvgIpc) is 3.30. The minimum atomic E-state index is -0.755. The Labute approximate surface area is 183 Å². The van der Waals surface area contributed by atoms with Crippen molar-refractivity contribution in [2.45, 2.75) is 58.4 Å². The maximum Gasteiger partial charge on any atom is 0.254 e. The summed E-state index contributed by atoms with van der Waals surface area (Å²) in [5, 5.41) is 5.67. The number of nitrogens with one attached hydrogen (secondary N) is 2. The summed E-state index contributed by atoms with van der Waals surface area (Å²) in [6.07, 6.45) is 5.45. The molecule has 1 aliphatic heterocycles. The summed E-state index contributed by atoms with van der Waals surface area (Å²) in [5.74, 6) is -0.910. The van der Waals surface area contributed by atoms with E-state index in [1.54, 1.807) is 6.07 Å². The molecule has 1 heterocycles. The minimum Gasteiger partial charge on any atom is -0.354 e. The van der Waals surface area contributed by atoms with Crippen LogP contribution in [0.1, 0.15) is 62.7 Å². The summed E-state index contributed by atoms with van der Waals surface area (Å²) in [4.78, 5) is 40.3. The first-order chi connectivity index (χ1) is 14.9. The number of carbonyl (C=O) groups excluding carboxylic acids is 3. The van der Waals surface area contributed by atoms with Gasteiger partial charge in [0.15, 0.2) is 0 Å². The van der Waals surface area contributed by atoms with E-state index in [9.17, 15) is 18.8 Å². The monoisotopic (exact) mass is 431 g/mol. The van der Waals surface area contributed by atoms with Crippen molar-refractivity contribution in [1.82, 2.24) is 15.5 Å². The van der Waals surface area contributed by atoms with Gasteiger partial charge in [-0.15, -0.1) is 0 Å². The van der Waals surface area contributed by atoms with Crippen LogP contribution in [-0.4, -0.2) is 48.3 Å². The van der Waals surface area contributed by atoms with Gasteiger partial charge in [-0.1, -0.05) is 38.8 Å². The molecule has 2 fully saturated rings. The maximum absolute atomic E-state index is 14.1. The van der Waals surface area contributed by atoms with Gasteiger partial charge in [-0.25, -0.2) is 4.39 Å². The number of benzene rings is 1. The van der Waals surface area contributed by atoms with Crippen LogP contribution in [0.3, 0.4) is 0 Å². The van der Waals surface area contributed by atoms with Crippen LogP contribution in [0.4, 0.5) is 4.39 Å². The minimum absolute atomic E-state index is 0.0713. The van der Waals surface area contributed by atoms with E-state index in [1.807, 2.05) is 18.7 Å². The van der Waals surface area contributed by atoms with Gasteiger partial charge < -0.3 is 15.5 Å². The van der Waals surface area contributed by atoms with Crippen molar-refractivity contribution < 1.29 is 18.8 Å². The molecule has 1 saturated carbocycles. The highest BCUT2D eigenvalue weighted by Crippen LogP contribution is 2.29. The predicted octanol–water partition coefficient (Wildman–Crippen LogP) is 3.13. The average molecular weight is 432 g/mol. The lowest BCUT2D eigenvalue weighted by Gasteiger charge is -2.37. The number of nitrogens with zero attached hydrogens (tertiary/aromatic N) is 1. The number of piperidine rings is 1. The second kappa shape index (κ2) is 10.7. The number of carbonyl (C=O) groups is 3. The molecule has 6 nitrogen and oxygen atoms in total. The highest BCUT2D eigenvalue weighted by molar-refractivity contribution is 5.97. The molecule has 0 radical (unpaired) electrons. The first-order valence-corrected chi connectivity index (χ1v) is 11.5. The summed E-state index contributed by atoms with van der Waals surface area (Å²) >= 11 is 0. The van der Waals surface area contributed by atoms with Gasteiger partial charge in [-0.2, -0.15) is 0 Å². The summed E-state index contributed by atoms with van der Waals surface area (Å²) in [6, 6.07) is 5.01. The molecule has 1 atom stereocenters. The zero-order chi connectivity index (χ0) is 22.4. The lowest BCUT2D eigenvalue weighted by Crippen LogP contribution is -2.54. The predicted molar refractivity (Wildman–Crippen MR) is 117 cm³/mol. The lowest BCUT2D eigenvalue weighted by atomic mass is 9.87. The molecule has 0 aromatic heterocycles. The van der Waals surface area contributed by atoms with Crippen molar-refractivity contribution in [3.8, 4) is 0 Å².